The first-order valence-corrected chi connectivity index (χ1v) is 8.42. The first-order valence-electron chi connectivity index (χ1n) is 8.42. The predicted molar refractivity (Wildman–Crippen MR) is 88.8 cm³/mol. The van der Waals surface area contributed by atoms with Crippen LogP contribution in [0.15, 0.2) is 43.0 Å². The minimum absolute atomic E-state index is 0.0282. The average molecular weight is 312 g/mol. The van der Waals surface area contributed by atoms with Gasteiger partial charge in [-0.15, -0.1) is 0 Å². The first kappa shape index (κ1) is 15.7. The van der Waals surface area contributed by atoms with E-state index in [2.05, 4.69) is 39.7 Å². The summed E-state index contributed by atoms with van der Waals surface area (Å²) < 4.78 is 1.60. The highest BCUT2D eigenvalue weighted by Gasteiger charge is 2.28. The van der Waals surface area contributed by atoms with Crippen LogP contribution in [-0.2, 0) is 11.2 Å². The topological polar surface area (TPSA) is 59.8 Å². The molecule has 1 heterocycles. The van der Waals surface area contributed by atoms with Crippen LogP contribution >= 0.6 is 0 Å². The van der Waals surface area contributed by atoms with Gasteiger partial charge in [-0.1, -0.05) is 43.2 Å². The maximum Gasteiger partial charge on any atom is 0.244 e. The van der Waals surface area contributed by atoms with E-state index in [1.807, 2.05) is 13.0 Å². The van der Waals surface area contributed by atoms with Crippen molar-refractivity contribution in [3.63, 3.8) is 0 Å². The monoisotopic (exact) mass is 312 g/mol. The Balaban J connectivity index is 1.63. The van der Waals surface area contributed by atoms with Gasteiger partial charge in [0.1, 0.15) is 18.7 Å². The van der Waals surface area contributed by atoms with Crippen LogP contribution in [0.3, 0.4) is 0 Å². The number of nitrogens with one attached hydrogen (secondary N) is 1. The van der Waals surface area contributed by atoms with Crippen LogP contribution in [0.4, 0.5) is 0 Å². The molecule has 1 fully saturated rings. The highest BCUT2D eigenvalue weighted by atomic mass is 16.2. The number of aromatic nitrogens is 3. The van der Waals surface area contributed by atoms with Gasteiger partial charge < -0.3 is 5.32 Å². The van der Waals surface area contributed by atoms with E-state index in [4.69, 9.17) is 0 Å². The molecule has 0 spiro atoms. The Morgan fingerprint density at radius 3 is 2.83 bits per heavy atom. The molecule has 0 unspecified atom stereocenters. The average Bonchev–Trinajstić information content (AvgIpc) is 3.11. The van der Waals surface area contributed by atoms with Gasteiger partial charge in [0, 0.05) is 6.04 Å². The second kappa shape index (κ2) is 7.40. The van der Waals surface area contributed by atoms with Crippen molar-refractivity contribution < 1.29 is 4.79 Å². The summed E-state index contributed by atoms with van der Waals surface area (Å²) in [5.74, 6) is 0.540. The number of hydrogen-bond donors (Lipinski definition) is 1. The Hall–Kier alpha value is -2.17. The zero-order chi connectivity index (χ0) is 16.1. The maximum atomic E-state index is 12.5. The fourth-order valence-corrected chi connectivity index (χ4v) is 3.40. The van der Waals surface area contributed by atoms with Crippen molar-refractivity contribution in [1.82, 2.24) is 20.1 Å². The molecule has 1 aromatic heterocycles. The Morgan fingerprint density at radius 2 is 2.09 bits per heavy atom. The van der Waals surface area contributed by atoms with Gasteiger partial charge in [0.05, 0.1) is 0 Å². The van der Waals surface area contributed by atoms with Crippen LogP contribution < -0.4 is 5.32 Å². The molecule has 0 aliphatic heterocycles. The molecule has 122 valence electrons. The summed E-state index contributed by atoms with van der Waals surface area (Å²) in [6, 6.07) is 10.5. The van der Waals surface area contributed by atoms with E-state index in [0.29, 0.717) is 5.92 Å². The van der Waals surface area contributed by atoms with Crippen molar-refractivity contribution in [2.45, 2.75) is 51.1 Å². The lowest BCUT2D eigenvalue weighted by molar-refractivity contribution is -0.125. The van der Waals surface area contributed by atoms with E-state index in [0.717, 1.165) is 12.8 Å². The Labute approximate surface area is 137 Å². The van der Waals surface area contributed by atoms with Gasteiger partial charge in [-0.2, -0.15) is 5.10 Å². The van der Waals surface area contributed by atoms with Crippen LogP contribution in [0.1, 0.15) is 44.2 Å². The number of carbonyl (C=O) groups is 1. The van der Waals surface area contributed by atoms with E-state index < -0.39 is 0 Å². The molecule has 1 amide bonds. The smallest absolute Gasteiger partial charge is 0.244 e. The molecule has 23 heavy (non-hydrogen) atoms. The minimum atomic E-state index is -0.322. The summed E-state index contributed by atoms with van der Waals surface area (Å²) in [5, 5.41) is 7.31. The standard InChI is InChI=1S/C18H24N4O/c1-14(22-13-19-12-20-22)18(23)21-17-10-6-5-9-16(17)11-15-7-3-2-4-8-15/h2-4,7-8,12-14,16-17H,5-6,9-11H2,1H3,(H,21,23)/t14-,16+,17-/m1/s1. The maximum absolute atomic E-state index is 12.5. The Morgan fingerprint density at radius 1 is 1.30 bits per heavy atom. The molecule has 1 aromatic carbocycles. The summed E-state index contributed by atoms with van der Waals surface area (Å²) in [4.78, 5) is 16.4. The zero-order valence-corrected chi connectivity index (χ0v) is 13.6. The van der Waals surface area contributed by atoms with Crippen LogP contribution in [0, 0.1) is 5.92 Å². The number of nitrogens with zero attached hydrogens (tertiary/aromatic N) is 3. The molecule has 1 aliphatic rings. The third-order valence-corrected chi connectivity index (χ3v) is 4.79. The van der Waals surface area contributed by atoms with Crippen LogP contribution in [-0.4, -0.2) is 26.7 Å². The lowest BCUT2D eigenvalue weighted by Gasteiger charge is -2.33. The third kappa shape index (κ3) is 3.97. The van der Waals surface area contributed by atoms with Gasteiger partial charge in [0.25, 0.3) is 0 Å². The summed E-state index contributed by atoms with van der Waals surface area (Å²) in [7, 11) is 0. The molecule has 0 radical (unpaired) electrons. The molecule has 2 aromatic rings. The first-order chi connectivity index (χ1) is 11.2. The quantitative estimate of drug-likeness (QED) is 0.923. The highest BCUT2D eigenvalue weighted by molar-refractivity contribution is 5.80. The summed E-state index contributed by atoms with van der Waals surface area (Å²) >= 11 is 0. The number of hydrogen-bond acceptors (Lipinski definition) is 3. The van der Waals surface area contributed by atoms with Crippen LogP contribution in [0.2, 0.25) is 0 Å². The van der Waals surface area contributed by atoms with Gasteiger partial charge in [-0.05, 0) is 37.7 Å². The van der Waals surface area contributed by atoms with Gasteiger partial charge in [-0.25, -0.2) is 9.67 Å². The largest absolute Gasteiger partial charge is 0.351 e. The van der Waals surface area contributed by atoms with Crippen molar-refractivity contribution in [2.75, 3.05) is 0 Å². The van der Waals surface area contributed by atoms with Crippen molar-refractivity contribution >= 4 is 5.91 Å². The van der Waals surface area contributed by atoms with E-state index >= 15 is 0 Å². The van der Waals surface area contributed by atoms with E-state index in [9.17, 15) is 4.79 Å². The van der Waals surface area contributed by atoms with E-state index in [-0.39, 0.29) is 18.0 Å². The second-order valence-electron chi connectivity index (χ2n) is 6.40. The molecule has 0 bridgehead atoms. The van der Waals surface area contributed by atoms with Gasteiger partial charge in [-0.3, -0.25) is 4.79 Å². The molecular weight excluding hydrogens is 288 g/mol. The number of carbonyl (C=O) groups excluding carboxylic acids is 1. The van der Waals surface area contributed by atoms with Crippen molar-refractivity contribution in [3.8, 4) is 0 Å². The molecule has 5 heteroatoms. The summed E-state index contributed by atoms with van der Waals surface area (Å²) in [6.45, 7) is 1.86. The summed E-state index contributed by atoms with van der Waals surface area (Å²) in [6.07, 6.45) is 8.76. The lowest BCUT2D eigenvalue weighted by Crippen LogP contribution is -2.45. The van der Waals surface area contributed by atoms with E-state index in [1.54, 1.807) is 11.0 Å². The molecule has 1 N–H and O–H groups in total. The molecule has 3 rings (SSSR count). The van der Waals surface area contributed by atoms with Crippen molar-refractivity contribution in [1.29, 1.82) is 0 Å². The van der Waals surface area contributed by atoms with Crippen molar-refractivity contribution in [3.05, 3.63) is 48.5 Å². The van der Waals surface area contributed by atoms with Crippen LogP contribution in [0.5, 0.6) is 0 Å². The van der Waals surface area contributed by atoms with Crippen LogP contribution in [0.25, 0.3) is 0 Å². The van der Waals surface area contributed by atoms with E-state index in [1.165, 1.54) is 31.2 Å². The molecule has 1 saturated carbocycles. The highest BCUT2D eigenvalue weighted by Crippen LogP contribution is 2.28. The molecule has 1 aliphatic carbocycles. The normalized spacial score (nSPS) is 22.5. The number of rotatable bonds is 5. The predicted octanol–water partition coefficient (Wildman–Crippen LogP) is 2.76. The number of benzene rings is 1. The number of amides is 1. The minimum Gasteiger partial charge on any atom is -0.351 e. The van der Waals surface area contributed by atoms with Crippen molar-refractivity contribution in [2.24, 2.45) is 5.92 Å². The molecule has 0 saturated heterocycles. The van der Waals surface area contributed by atoms with Gasteiger partial charge in [0.15, 0.2) is 0 Å². The molecule has 3 atom stereocenters. The Bertz CT molecular complexity index is 611. The Kier molecular flexibility index (Phi) is 5.05. The second-order valence-corrected chi connectivity index (χ2v) is 6.40. The van der Waals surface area contributed by atoms with Gasteiger partial charge >= 0.3 is 0 Å². The van der Waals surface area contributed by atoms with Gasteiger partial charge in [0.2, 0.25) is 5.91 Å². The fraction of sp³-hybridized carbons (Fsp3) is 0.500. The SMILES string of the molecule is C[C@H](C(=O)N[C@@H]1CCCC[C@H]1Cc1ccccc1)n1cncn1. The fourth-order valence-electron chi connectivity index (χ4n) is 3.40. The third-order valence-electron chi connectivity index (χ3n) is 4.79. The zero-order valence-electron chi connectivity index (χ0n) is 13.6. The lowest BCUT2D eigenvalue weighted by atomic mass is 9.80. The molecule has 5 nitrogen and oxygen atoms in total. The summed E-state index contributed by atoms with van der Waals surface area (Å²) in [5.41, 5.74) is 1.35. The molecular formula is C18H24N4O.